The second-order valence-corrected chi connectivity index (χ2v) is 10.1. The summed E-state index contributed by atoms with van der Waals surface area (Å²) in [6.07, 6.45) is 18.9. The second-order valence-electron chi connectivity index (χ2n) is 10.1. The van der Waals surface area contributed by atoms with E-state index >= 15 is 0 Å². The Balaban J connectivity index is 1.52. The standard InChI is InChI=1S/C26H46O4/c1-21(2)14-9-6-4-3-5-7-12-19-29-25(27)22-15-13-16-23(20-22)26(28)30-24-17-10-8-11-18-24/h21-24H,3-20H2,1-2H3. The van der Waals surface area contributed by atoms with Gasteiger partial charge in [-0.3, -0.25) is 9.59 Å². The Hall–Kier alpha value is -1.06. The molecule has 0 aromatic rings. The summed E-state index contributed by atoms with van der Waals surface area (Å²) in [5.74, 6) is 0.408. The highest BCUT2D eigenvalue weighted by Gasteiger charge is 2.34. The molecule has 0 heterocycles. The fraction of sp³-hybridized carbons (Fsp3) is 0.923. The fourth-order valence-corrected chi connectivity index (χ4v) is 4.89. The second kappa shape index (κ2) is 14.9. The van der Waals surface area contributed by atoms with Crippen LogP contribution in [0.1, 0.15) is 123 Å². The van der Waals surface area contributed by atoms with Crippen LogP contribution in [-0.4, -0.2) is 24.6 Å². The van der Waals surface area contributed by atoms with Crippen molar-refractivity contribution in [3.63, 3.8) is 0 Å². The maximum Gasteiger partial charge on any atom is 0.309 e. The minimum absolute atomic E-state index is 0.0761. The van der Waals surface area contributed by atoms with E-state index in [2.05, 4.69) is 13.8 Å². The molecular formula is C26H46O4. The van der Waals surface area contributed by atoms with E-state index in [1.54, 1.807) is 0 Å². The van der Waals surface area contributed by atoms with Gasteiger partial charge in [0.25, 0.3) is 0 Å². The number of hydrogen-bond donors (Lipinski definition) is 0. The topological polar surface area (TPSA) is 52.6 Å². The molecule has 2 aliphatic carbocycles. The van der Waals surface area contributed by atoms with Crippen molar-refractivity contribution in [2.45, 2.75) is 129 Å². The highest BCUT2D eigenvalue weighted by Crippen LogP contribution is 2.32. The van der Waals surface area contributed by atoms with Crippen molar-refractivity contribution in [1.82, 2.24) is 0 Å². The average molecular weight is 423 g/mol. The number of unbranched alkanes of at least 4 members (excludes halogenated alkanes) is 6. The number of hydrogen-bond acceptors (Lipinski definition) is 4. The summed E-state index contributed by atoms with van der Waals surface area (Å²) in [5, 5.41) is 0. The summed E-state index contributed by atoms with van der Waals surface area (Å²) in [6.45, 7) is 5.11. The number of esters is 2. The smallest absolute Gasteiger partial charge is 0.309 e. The third-order valence-electron chi connectivity index (χ3n) is 6.85. The van der Waals surface area contributed by atoms with E-state index < -0.39 is 0 Å². The lowest BCUT2D eigenvalue weighted by atomic mass is 9.81. The molecule has 2 atom stereocenters. The molecule has 0 spiro atoms. The van der Waals surface area contributed by atoms with E-state index in [4.69, 9.17) is 9.47 Å². The van der Waals surface area contributed by atoms with Crippen LogP contribution in [0.2, 0.25) is 0 Å². The zero-order chi connectivity index (χ0) is 21.6. The van der Waals surface area contributed by atoms with Crippen molar-refractivity contribution in [2.24, 2.45) is 17.8 Å². The molecule has 0 aromatic carbocycles. The van der Waals surface area contributed by atoms with Crippen molar-refractivity contribution in [3.05, 3.63) is 0 Å². The SMILES string of the molecule is CC(C)CCCCCCCCCOC(=O)C1CCCC(C(=O)OC2CCCCC2)C1. The summed E-state index contributed by atoms with van der Waals surface area (Å²) in [6, 6.07) is 0. The van der Waals surface area contributed by atoms with Gasteiger partial charge in [-0.2, -0.15) is 0 Å². The zero-order valence-electron chi connectivity index (χ0n) is 19.7. The Labute approximate surface area is 184 Å². The molecule has 2 unspecified atom stereocenters. The van der Waals surface area contributed by atoms with Gasteiger partial charge in [-0.25, -0.2) is 0 Å². The van der Waals surface area contributed by atoms with Crippen LogP contribution in [0.3, 0.4) is 0 Å². The molecule has 0 bridgehead atoms. The summed E-state index contributed by atoms with van der Waals surface area (Å²) in [4.78, 5) is 25.0. The van der Waals surface area contributed by atoms with E-state index in [0.717, 1.165) is 63.7 Å². The lowest BCUT2D eigenvalue weighted by molar-refractivity contribution is -0.159. The molecule has 2 rings (SSSR count). The molecule has 0 amide bonds. The first kappa shape index (κ1) is 25.2. The first-order valence-corrected chi connectivity index (χ1v) is 12.9. The van der Waals surface area contributed by atoms with E-state index in [9.17, 15) is 9.59 Å². The van der Waals surface area contributed by atoms with Gasteiger partial charge in [-0.1, -0.05) is 71.6 Å². The van der Waals surface area contributed by atoms with Crippen molar-refractivity contribution >= 4 is 11.9 Å². The summed E-state index contributed by atoms with van der Waals surface area (Å²) in [5.41, 5.74) is 0. The molecule has 0 radical (unpaired) electrons. The molecular weight excluding hydrogens is 376 g/mol. The van der Waals surface area contributed by atoms with Crippen LogP contribution in [0.25, 0.3) is 0 Å². The van der Waals surface area contributed by atoms with Crippen LogP contribution in [0, 0.1) is 17.8 Å². The van der Waals surface area contributed by atoms with E-state index in [1.165, 1.54) is 44.9 Å². The number of carbonyl (C=O) groups is 2. The van der Waals surface area contributed by atoms with Crippen molar-refractivity contribution in [2.75, 3.05) is 6.61 Å². The highest BCUT2D eigenvalue weighted by atomic mass is 16.5. The molecule has 0 aromatic heterocycles. The largest absolute Gasteiger partial charge is 0.465 e. The van der Waals surface area contributed by atoms with Gasteiger partial charge in [0, 0.05) is 0 Å². The average Bonchev–Trinajstić information content (AvgIpc) is 2.75. The summed E-state index contributed by atoms with van der Waals surface area (Å²) < 4.78 is 11.3. The summed E-state index contributed by atoms with van der Waals surface area (Å²) in [7, 11) is 0. The molecule has 174 valence electrons. The molecule has 2 fully saturated rings. The molecule has 2 aliphatic rings. The van der Waals surface area contributed by atoms with Gasteiger partial charge in [-0.15, -0.1) is 0 Å². The molecule has 4 heteroatoms. The molecule has 30 heavy (non-hydrogen) atoms. The van der Waals surface area contributed by atoms with Gasteiger partial charge in [-0.05, 0) is 57.3 Å². The third-order valence-corrected chi connectivity index (χ3v) is 6.85. The predicted octanol–water partition coefficient (Wildman–Crippen LogP) is 6.99. The van der Waals surface area contributed by atoms with E-state index in [1.807, 2.05) is 0 Å². The number of carbonyl (C=O) groups excluding carboxylic acids is 2. The van der Waals surface area contributed by atoms with Gasteiger partial charge in [0.15, 0.2) is 0 Å². The molecule has 4 nitrogen and oxygen atoms in total. The Bertz CT molecular complexity index is 481. The third kappa shape index (κ3) is 10.3. The Morgan fingerprint density at radius 3 is 2.00 bits per heavy atom. The minimum Gasteiger partial charge on any atom is -0.465 e. The quantitative estimate of drug-likeness (QED) is 0.237. The number of rotatable bonds is 13. The van der Waals surface area contributed by atoms with Crippen molar-refractivity contribution < 1.29 is 19.1 Å². The molecule has 0 saturated heterocycles. The van der Waals surface area contributed by atoms with Gasteiger partial charge in [0.05, 0.1) is 18.4 Å². The monoisotopic (exact) mass is 422 g/mol. The van der Waals surface area contributed by atoms with Gasteiger partial charge < -0.3 is 9.47 Å². The van der Waals surface area contributed by atoms with Crippen LogP contribution in [0.4, 0.5) is 0 Å². The fourth-order valence-electron chi connectivity index (χ4n) is 4.89. The highest BCUT2D eigenvalue weighted by molar-refractivity contribution is 5.76. The van der Waals surface area contributed by atoms with Crippen LogP contribution in [0.15, 0.2) is 0 Å². The lowest BCUT2D eigenvalue weighted by Gasteiger charge is -2.29. The van der Waals surface area contributed by atoms with E-state index in [-0.39, 0.29) is 29.9 Å². The molecule has 0 aliphatic heterocycles. The minimum atomic E-state index is -0.122. The van der Waals surface area contributed by atoms with Crippen LogP contribution in [-0.2, 0) is 19.1 Å². The lowest BCUT2D eigenvalue weighted by Crippen LogP contribution is -2.32. The van der Waals surface area contributed by atoms with Crippen LogP contribution >= 0.6 is 0 Å². The van der Waals surface area contributed by atoms with E-state index in [0.29, 0.717) is 13.0 Å². The maximum absolute atomic E-state index is 12.5. The Morgan fingerprint density at radius 1 is 0.733 bits per heavy atom. The van der Waals surface area contributed by atoms with Crippen LogP contribution in [0.5, 0.6) is 0 Å². The van der Waals surface area contributed by atoms with Crippen LogP contribution < -0.4 is 0 Å². The van der Waals surface area contributed by atoms with Crippen molar-refractivity contribution in [1.29, 1.82) is 0 Å². The normalized spacial score (nSPS) is 22.8. The van der Waals surface area contributed by atoms with Crippen molar-refractivity contribution in [3.8, 4) is 0 Å². The predicted molar refractivity (Wildman–Crippen MR) is 121 cm³/mol. The first-order chi connectivity index (χ1) is 14.6. The number of ether oxygens (including phenoxy) is 2. The van der Waals surface area contributed by atoms with Gasteiger partial charge in [0.1, 0.15) is 6.10 Å². The van der Waals surface area contributed by atoms with Gasteiger partial charge >= 0.3 is 11.9 Å². The Kier molecular flexibility index (Phi) is 12.5. The summed E-state index contributed by atoms with van der Waals surface area (Å²) >= 11 is 0. The Morgan fingerprint density at radius 2 is 1.33 bits per heavy atom. The van der Waals surface area contributed by atoms with Gasteiger partial charge in [0.2, 0.25) is 0 Å². The maximum atomic E-state index is 12.5. The first-order valence-electron chi connectivity index (χ1n) is 12.9. The zero-order valence-corrected chi connectivity index (χ0v) is 19.7. The molecule has 2 saturated carbocycles. The molecule has 0 N–H and O–H groups in total.